The van der Waals surface area contributed by atoms with Crippen LogP contribution in [0.4, 0.5) is 0 Å². The first kappa shape index (κ1) is 15.0. The third-order valence-corrected chi connectivity index (χ3v) is 3.22. The van der Waals surface area contributed by atoms with Gasteiger partial charge < -0.3 is 18.9 Å². The van der Waals surface area contributed by atoms with Gasteiger partial charge in [0.25, 0.3) is 0 Å². The molecule has 0 bridgehead atoms. The van der Waals surface area contributed by atoms with Gasteiger partial charge in [0.2, 0.25) is 0 Å². The summed E-state index contributed by atoms with van der Waals surface area (Å²) < 4.78 is 21.1. The molecule has 0 atom stereocenters. The van der Waals surface area contributed by atoms with Crippen molar-refractivity contribution in [3.05, 3.63) is 29.8 Å². The number of Topliss-reactive ketones (excluding diaryl/α,β-unsaturated/α-hetero) is 1. The van der Waals surface area contributed by atoms with Gasteiger partial charge in [0.05, 0.1) is 13.2 Å². The van der Waals surface area contributed by atoms with E-state index in [4.69, 9.17) is 18.9 Å². The Kier molecular flexibility index (Phi) is 5.11. The fourth-order valence-corrected chi connectivity index (χ4v) is 2.05. The minimum absolute atomic E-state index is 0.0728. The molecule has 2 rings (SSSR count). The molecule has 5 heteroatoms. The van der Waals surface area contributed by atoms with Crippen molar-refractivity contribution in [1.82, 2.24) is 0 Å². The highest BCUT2D eigenvalue weighted by Gasteiger charge is 2.31. The number of ketones is 1. The maximum atomic E-state index is 12.1. The number of hydrogen-bond donors (Lipinski definition) is 0. The zero-order valence-electron chi connectivity index (χ0n) is 11.9. The van der Waals surface area contributed by atoms with E-state index in [1.807, 2.05) is 6.92 Å². The molecule has 1 aliphatic rings. The molecule has 1 aromatic rings. The van der Waals surface area contributed by atoms with Gasteiger partial charge in [-0.2, -0.15) is 0 Å². The van der Waals surface area contributed by atoms with Crippen molar-refractivity contribution in [2.75, 3.05) is 27.1 Å². The lowest BCUT2D eigenvalue weighted by Gasteiger charge is -2.21. The second-order valence-electron chi connectivity index (χ2n) is 4.83. The summed E-state index contributed by atoms with van der Waals surface area (Å²) in [6.45, 7) is 3.25. The number of hydrogen-bond acceptors (Lipinski definition) is 5. The summed E-state index contributed by atoms with van der Waals surface area (Å²) in [5, 5.41) is 0. The molecule has 20 heavy (non-hydrogen) atoms. The fraction of sp³-hybridized carbons (Fsp3) is 0.533. The largest absolute Gasteiger partial charge is 0.468 e. The molecule has 0 unspecified atom stereocenters. The first-order valence-electron chi connectivity index (χ1n) is 6.66. The normalized spacial score (nSPS) is 17.1. The van der Waals surface area contributed by atoms with Gasteiger partial charge in [-0.15, -0.1) is 0 Å². The predicted molar refractivity (Wildman–Crippen MR) is 72.8 cm³/mol. The monoisotopic (exact) mass is 280 g/mol. The molecule has 1 heterocycles. The van der Waals surface area contributed by atoms with Crippen molar-refractivity contribution in [3.8, 4) is 5.75 Å². The topological polar surface area (TPSA) is 54.0 Å². The summed E-state index contributed by atoms with van der Waals surface area (Å²) >= 11 is 0. The molecular weight excluding hydrogens is 260 g/mol. The Hall–Kier alpha value is -1.43. The van der Waals surface area contributed by atoms with Crippen molar-refractivity contribution in [3.63, 3.8) is 0 Å². The highest BCUT2D eigenvalue weighted by atomic mass is 16.7. The number of carbonyl (C=O) groups is 1. The van der Waals surface area contributed by atoms with Crippen LogP contribution in [0.25, 0.3) is 0 Å². The van der Waals surface area contributed by atoms with Crippen LogP contribution >= 0.6 is 0 Å². The summed E-state index contributed by atoms with van der Waals surface area (Å²) in [6, 6.07) is 7.03. The predicted octanol–water partition coefficient (Wildman–Crippen LogP) is 2.40. The van der Waals surface area contributed by atoms with Crippen LogP contribution in [-0.4, -0.2) is 38.7 Å². The van der Waals surface area contributed by atoms with Gasteiger partial charge in [0.15, 0.2) is 18.4 Å². The summed E-state index contributed by atoms with van der Waals surface area (Å²) in [5.74, 6) is 0.137. The van der Waals surface area contributed by atoms with E-state index in [0.717, 1.165) is 0 Å². The van der Waals surface area contributed by atoms with Crippen LogP contribution in [0.1, 0.15) is 30.1 Å². The highest BCUT2D eigenvalue weighted by molar-refractivity contribution is 5.96. The second kappa shape index (κ2) is 6.83. The van der Waals surface area contributed by atoms with Crippen molar-refractivity contribution >= 4 is 5.78 Å². The van der Waals surface area contributed by atoms with Gasteiger partial charge in [0.1, 0.15) is 5.75 Å². The van der Waals surface area contributed by atoms with E-state index in [-0.39, 0.29) is 12.6 Å². The number of benzene rings is 1. The lowest BCUT2D eigenvalue weighted by Crippen LogP contribution is -2.26. The highest BCUT2D eigenvalue weighted by Crippen LogP contribution is 2.25. The maximum Gasteiger partial charge on any atom is 0.188 e. The fourth-order valence-electron chi connectivity index (χ4n) is 2.05. The van der Waals surface area contributed by atoms with Crippen LogP contribution in [0.2, 0.25) is 0 Å². The smallest absolute Gasteiger partial charge is 0.188 e. The standard InChI is InChI=1S/C15H20O5/c1-15(19-9-10-20-15)8-7-14(16)12-3-5-13(6-4-12)18-11-17-2/h3-6H,7-11H2,1-2H3. The van der Waals surface area contributed by atoms with Crippen LogP contribution in [0.3, 0.4) is 0 Å². The molecule has 0 amide bonds. The Bertz CT molecular complexity index is 434. The molecule has 5 nitrogen and oxygen atoms in total. The van der Waals surface area contributed by atoms with E-state index in [1.54, 1.807) is 31.4 Å². The van der Waals surface area contributed by atoms with Crippen LogP contribution < -0.4 is 4.74 Å². The SMILES string of the molecule is COCOc1ccc(C(=O)CCC2(C)OCCO2)cc1. The van der Waals surface area contributed by atoms with E-state index in [2.05, 4.69) is 0 Å². The number of rotatable bonds is 7. The average Bonchev–Trinajstić information content (AvgIpc) is 2.90. The van der Waals surface area contributed by atoms with Gasteiger partial charge in [-0.1, -0.05) is 0 Å². The molecule has 1 aromatic carbocycles. The molecule has 0 aromatic heterocycles. The Morgan fingerprint density at radius 1 is 1.25 bits per heavy atom. The van der Waals surface area contributed by atoms with E-state index < -0.39 is 5.79 Å². The Morgan fingerprint density at radius 3 is 2.50 bits per heavy atom. The zero-order chi connectivity index (χ0) is 14.4. The Balaban J connectivity index is 1.85. The number of methoxy groups -OCH3 is 1. The van der Waals surface area contributed by atoms with Crippen molar-refractivity contribution in [2.45, 2.75) is 25.6 Å². The average molecular weight is 280 g/mol. The molecule has 0 aliphatic carbocycles. The van der Waals surface area contributed by atoms with Crippen molar-refractivity contribution in [1.29, 1.82) is 0 Å². The van der Waals surface area contributed by atoms with Crippen LogP contribution in [0.5, 0.6) is 5.75 Å². The van der Waals surface area contributed by atoms with Gasteiger partial charge >= 0.3 is 0 Å². The van der Waals surface area contributed by atoms with Crippen LogP contribution in [-0.2, 0) is 14.2 Å². The third-order valence-electron chi connectivity index (χ3n) is 3.22. The first-order valence-corrected chi connectivity index (χ1v) is 6.66. The van der Waals surface area contributed by atoms with Gasteiger partial charge in [-0.3, -0.25) is 4.79 Å². The molecule has 0 radical (unpaired) electrons. The maximum absolute atomic E-state index is 12.1. The molecule has 1 saturated heterocycles. The van der Waals surface area contributed by atoms with E-state index in [9.17, 15) is 4.79 Å². The molecular formula is C15H20O5. The van der Waals surface area contributed by atoms with Crippen molar-refractivity contribution < 1.29 is 23.7 Å². The molecule has 1 fully saturated rings. The Morgan fingerprint density at radius 2 is 1.90 bits per heavy atom. The van der Waals surface area contributed by atoms with Crippen LogP contribution in [0.15, 0.2) is 24.3 Å². The first-order chi connectivity index (χ1) is 9.63. The van der Waals surface area contributed by atoms with E-state index in [0.29, 0.717) is 37.4 Å². The van der Waals surface area contributed by atoms with E-state index >= 15 is 0 Å². The van der Waals surface area contributed by atoms with Gasteiger partial charge in [0, 0.05) is 25.5 Å². The third kappa shape index (κ3) is 4.03. The summed E-state index contributed by atoms with van der Waals surface area (Å²) in [5.41, 5.74) is 0.663. The van der Waals surface area contributed by atoms with Crippen LogP contribution in [0, 0.1) is 0 Å². The van der Waals surface area contributed by atoms with E-state index in [1.165, 1.54) is 0 Å². The van der Waals surface area contributed by atoms with Gasteiger partial charge in [-0.25, -0.2) is 0 Å². The number of ether oxygens (including phenoxy) is 4. The summed E-state index contributed by atoms with van der Waals surface area (Å²) in [7, 11) is 1.56. The lowest BCUT2D eigenvalue weighted by molar-refractivity contribution is -0.145. The van der Waals surface area contributed by atoms with Gasteiger partial charge in [-0.05, 0) is 31.2 Å². The van der Waals surface area contributed by atoms with Crippen molar-refractivity contribution in [2.24, 2.45) is 0 Å². The molecule has 110 valence electrons. The second-order valence-corrected chi connectivity index (χ2v) is 4.83. The number of carbonyl (C=O) groups excluding carboxylic acids is 1. The minimum atomic E-state index is -0.614. The molecule has 0 saturated carbocycles. The molecule has 0 spiro atoms. The molecule has 1 aliphatic heterocycles. The Labute approximate surface area is 118 Å². The minimum Gasteiger partial charge on any atom is -0.468 e. The zero-order valence-corrected chi connectivity index (χ0v) is 11.9. The lowest BCUT2D eigenvalue weighted by atomic mass is 10.0. The quantitative estimate of drug-likeness (QED) is 0.567. The summed E-state index contributed by atoms with van der Waals surface area (Å²) in [6.07, 6.45) is 0.961. The summed E-state index contributed by atoms with van der Waals surface area (Å²) in [4.78, 5) is 12.1. The molecule has 0 N–H and O–H groups in total.